The Labute approximate surface area is 103 Å². The first-order chi connectivity index (χ1) is 8.27. The van der Waals surface area contributed by atoms with E-state index in [0.29, 0.717) is 12.0 Å². The van der Waals surface area contributed by atoms with Crippen molar-refractivity contribution in [2.75, 3.05) is 19.8 Å². The summed E-state index contributed by atoms with van der Waals surface area (Å²) in [6, 6.07) is 0.571. The summed E-state index contributed by atoms with van der Waals surface area (Å²) in [4.78, 5) is 4.28. The smallest absolute Gasteiger partial charge is 0.0951 e. The first-order valence-corrected chi connectivity index (χ1v) is 6.56. The average Bonchev–Trinajstić information content (AvgIpc) is 2.78. The van der Waals surface area contributed by atoms with Gasteiger partial charge in [-0.05, 0) is 25.3 Å². The van der Waals surface area contributed by atoms with E-state index in [4.69, 9.17) is 4.74 Å². The van der Waals surface area contributed by atoms with E-state index in [0.717, 1.165) is 39.1 Å². The van der Waals surface area contributed by atoms with E-state index >= 15 is 0 Å². The van der Waals surface area contributed by atoms with Crippen molar-refractivity contribution in [3.05, 3.63) is 18.2 Å². The summed E-state index contributed by atoms with van der Waals surface area (Å²) in [6.07, 6.45) is 6.15. The SMILES string of the molecule is CC(C)CNCc1cncn1C1CCOCC1. The molecule has 1 aliphatic heterocycles. The van der Waals surface area contributed by atoms with E-state index < -0.39 is 0 Å². The maximum absolute atomic E-state index is 5.40. The van der Waals surface area contributed by atoms with Gasteiger partial charge in [-0.25, -0.2) is 4.98 Å². The highest BCUT2D eigenvalue weighted by molar-refractivity contribution is 5.00. The molecule has 0 saturated carbocycles. The molecule has 0 spiro atoms. The van der Waals surface area contributed by atoms with Gasteiger partial charge in [-0.3, -0.25) is 0 Å². The van der Waals surface area contributed by atoms with Crippen LogP contribution in [0.15, 0.2) is 12.5 Å². The second-order valence-corrected chi connectivity index (χ2v) is 5.16. The summed E-state index contributed by atoms with van der Waals surface area (Å²) < 4.78 is 7.72. The molecule has 0 atom stereocenters. The fourth-order valence-electron chi connectivity index (χ4n) is 2.25. The third-order valence-corrected chi connectivity index (χ3v) is 3.19. The van der Waals surface area contributed by atoms with Crippen molar-refractivity contribution in [1.29, 1.82) is 0 Å². The van der Waals surface area contributed by atoms with Gasteiger partial charge < -0.3 is 14.6 Å². The lowest BCUT2D eigenvalue weighted by atomic mass is 10.1. The predicted molar refractivity (Wildman–Crippen MR) is 67.9 cm³/mol. The molecule has 96 valence electrons. The van der Waals surface area contributed by atoms with Crippen LogP contribution >= 0.6 is 0 Å². The normalized spacial score (nSPS) is 17.8. The maximum atomic E-state index is 5.40. The molecule has 2 heterocycles. The zero-order valence-corrected chi connectivity index (χ0v) is 10.9. The van der Waals surface area contributed by atoms with Crippen LogP contribution in [0, 0.1) is 5.92 Å². The highest BCUT2D eigenvalue weighted by Crippen LogP contribution is 2.22. The second-order valence-electron chi connectivity index (χ2n) is 5.16. The lowest BCUT2D eigenvalue weighted by molar-refractivity contribution is 0.0688. The molecule has 0 unspecified atom stereocenters. The molecule has 17 heavy (non-hydrogen) atoms. The van der Waals surface area contributed by atoms with Crippen LogP contribution in [0.2, 0.25) is 0 Å². The van der Waals surface area contributed by atoms with Crippen LogP contribution in [-0.4, -0.2) is 29.3 Å². The van der Waals surface area contributed by atoms with Gasteiger partial charge in [0.15, 0.2) is 0 Å². The van der Waals surface area contributed by atoms with Gasteiger partial charge in [0.25, 0.3) is 0 Å². The molecule has 0 aliphatic carbocycles. The molecule has 4 heteroatoms. The van der Waals surface area contributed by atoms with Crippen LogP contribution in [0.25, 0.3) is 0 Å². The van der Waals surface area contributed by atoms with Crippen molar-refractivity contribution in [2.45, 2.75) is 39.3 Å². The molecule has 1 N–H and O–H groups in total. The van der Waals surface area contributed by atoms with Crippen molar-refractivity contribution in [1.82, 2.24) is 14.9 Å². The summed E-state index contributed by atoms with van der Waals surface area (Å²) in [5, 5.41) is 3.47. The minimum Gasteiger partial charge on any atom is -0.381 e. The molecule has 1 aromatic heterocycles. The predicted octanol–water partition coefficient (Wildman–Crippen LogP) is 1.98. The standard InChI is InChI=1S/C13H23N3O/c1-11(2)7-14-8-13-9-15-10-16(13)12-3-5-17-6-4-12/h9-12,14H,3-8H2,1-2H3. The molecular formula is C13H23N3O. The van der Waals surface area contributed by atoms with Gasteiger partial charge in [0.05, 0.1) is 12.0 Å². The number of nitrogens with zero attached hydrogens (tertiary/aromatic N) is 2. The topological polar surface area (TPSA) is 39.1 Å². The van der Waals surface area contributed by atoms with Crippen LogP contribution in [0.3, 0.4) is 0 Å². The number of hydrogen-bond donors (Lipinski definition) is 1. The summed E-state index contributed by atoms with van der Waals surface area (Å²) in [5.74, 6) is 0.689. The van der Waals surface area contributed by atoms with Crippen molar-refractivity contribution in [3.63, 3.8) is 0 Å². The molecule has 0 radical (unpaired) electrons. The lowest BCUT2D eigenvalue weighted by Gasteiger charge is -2.25. The van der Waals surface area contributed by atoms with E-state index in [1.165, 1.54) is 5.69 Å². The van der Waals surface area contributed by atoms with Gasteiger partial charge in [0.2, 0.25) is 0 Å². The van der Waals surface area contributed by atoms with E-state index in [2.05, 4.69) is 28.7 Å². The van der Waals surface area contributed by atoms with Crippen molar-refractivity contribution in [2.24, 2.45) is 5.92 Å². The zero-order chi connectivity index (χ0) is 12.1. The Morgan fingerprint density at radius 3 is 2.94 bits per heavy atom. The Morgan fingerprint density at radius 1 is 1.47 bits per heavy atom. The number of ether oxygens (including phenoxy) is 1. The molecule has 1 aromatic rings. The van der Waals surface area contributed by atoms with E-state index in [-0.39, 0.29) is 0 Å². The first-order valence-electron chi connectivity index (χ1n) is 6.56. The Balaban J connectivity index is 1.91. The van der Waals surface area contributed by atoms with Crippen LogP contribution < -0.4 is 5.32 Å². The third kappa shape index (κ3) is 3.54. The average molecular weight is 237 g/mol. The molecule has 1 aliphatic rings. The van der Waals surface area contributed by atoms with Crippen LogP contribution in [-0.2, 0) is 11.3 Å². The molecule has 0 aromatic carbocycles. The minimum atomic E-state index is 0.571. The Morgan fingerprint density at radius 2 is 2.24 bits per heavy atom. The summed E-state index contributed by atoms with van der Waals surface area (Å²) in [5.41, 5.74) is 1.29. The fraction of sp³-hybridized carbons (Fsp3) is 0.769. The minimum absolute atomic E-state index is 0.571. The van der Waals surface area contributed by atoms with Gasteiger partial charge in [0.1, 0.15) is 0 Å². The number of nitrogens with one attached hydrogen (secondary N) is 1. The Kier molecular flexibility index (Phi) is 4.57. The van der Waals surface area contributed by atoms with Crippen molar-refractivity contribution in [3.8, 4) is 0 Å². The summed E-state index contributed by atoms with van der Waals surface area (Å²) >= 11 is 0. The lowest BCUT2D eigenvalue weighted by Crippen LogP contribution is -2.24. The Bertz CT molecular complexity index is 329. The van der Waals surface area contributed by atoms with E-state index in [1.54, 1.807) is 0 Å². The molecule has 1 saturated heterocycles. The number of imidazole rings is 1. The molecule has 4 nitrogen and oxygen atoms in total. The Hall–Kier alpha value is -0.870. The largest absolute Gasteiger partial charge is 0.381 e. The molecule has 1 fully saturated rings. The fourth-order valence-corrected chi connectivity index (χ4v) is 2.25. The van der Waals surface area contributed by atoms with Gasteiger partial charge >= 0.3 is 0 Å². The molecule has 0 bridgehead atoms. The highest BCUT2D eigenvalue weighted by Gasteiger charge is 2.17. The second kappa shape index (κ2) is 6.17. The zero-order valence-electron chi connectivity index (χ0n) is 10.9. The number of hydrogen-bond acceptors (Lipinski definition) is 3. The number of rotatable bonds is 5. The van der Waals surface area contributed by atoms with Crippen molar-refractivity contribution >= 4 is 0 Å². The van der Waals surface area contributed by atoms with Gasteiger partial charge in [-0.1, -0.05) is 13.8 Å². The van der Waals surface area contributed by atoms with Crippen LogP contribution in [0.5, 0.6) is 0 Å². The third-order valence-electron chi connectivity index (χ3n) is 3.19. The van der Waals surface area contributed by atoms with E-state index in [1.807, 2.05) is 12.5 Å². The first kappa shape index (κ1) is 12.6. The monoisotopic (exact) mass is 237 g/mol. The molecule has 2 rings (SSSR count). The van der Waals surface area contributed by atoms with Gasteiger partial charge in [-0.2, -0.15) is 0 Å². The van der Waals surface area contributed by atoms with Crippen LogP contribution in [0.1, 0.15) is 38.4 Å². The summed E-state index contributed by atoms with van der Waals surface area (Å²) in [7, 11) is 0. The summed E-state index contributed by atoms with van der Waals surface area (Å²) in [6.45, 7) is 8.17. The molecule has 0 amide bonds. The van der Waals surface area contributed by atoms with Gasteiger partial charge in [-0.15, -0.1) is 0 Å². The quantitative estimate of drug-likeness (QED) is 0.851. The highest BCUT2D eigenvalue weighted by atomic mass is 16.5. The number of aromatic nitrogens is 2. The van der Waals surface area contributed by atoms with Gasteiger partial charge in [0, 0.05) is 32.0 Å². The van der Waals surface area contributed by atoms with E-state index in [9.17, 15) is 0 Å². The van der Waals surface area contributed by atoms with Crippen LogP contribution in [0.4, 0.5) is 0 Å². The molecular weight excluding hydrogens is 214 g/mol. The maximum Gasteiger partial charge on any atom is 0.0951 e. The van der Waals surface area contributed by atoms with Crippen molar-refractivity contribution < 1.29 is 4.74 Å².